The lowest BCUT2D eigenvalue weighted by atomic mass is 10.2. The number of aryl methyl sites for hydroxylation is 1. The molecule has 0 unspecified atom stereocenters. The lowest BCUT2D eigenvalue weighted by molar-refractivity contribution is 0.201. The average molecular weight is 336 g/mol. The molecule has 1 aromatic carbocycles. The topological polar surface area (TPSA) is 48.5 Å². The van der Waals surface area contributed by atoms with Crippen LogP contribution in [0.4, 0.5) is 0 Å². The zero-order chi connectivity index (χ0) is 14.3. The van der Waals surface area contributed by atoms with Crippen molar-refractivity contribution in [2.24, 2.45) is 7.05 Å². The third-order valence-electron chi connectivity index (χ3n) is 3.37. The SMILES string of the molecule is COCCc1cc2n(C)c(=O)c3ccc(Br)cc3n2n1. The Labute approximate surface area is 123 Å². The Balaban J connectivity index is 2.36. The van der Waals surface area contributed by atoms with Gasteiger partial charge < -0.3 is 4.74 Å². The molecule has 2 heterocycles. The molecule has 0 amide bonds. The van der Waals surface area contributed by atoms with Crippen molar-refractivity contribution in [3.05, 3.63) is 44.8 Å². The van der Waals surface area contributed by atoms with Crippen molar-refractivity contribution in [2.75, 3.05) is 13.7 Å². The third-order valence-corrected chi connectivity index (χ3v) is 3.86. The van der Waals surface area contributed by atoms with Gasteiger partial charge in [-0.2, -0.15) is 5.10 Å². The molecule has 3 rings (SSSR count). The Hall–Kier alpha value is -1.66. The molecule has 0 saturated carbocycles. The number of hydrogen-bond acceptors (Lipinski definition) is 3. The van der Waals surface area contributed by atoms with E-state index >= 15 is 0 Å². The summed E-state index contributed by atoms with van der Waals surface area (Å²) in [6.07, 6.45) is 0.724. The highest BCUT2D eigenvalue weighted by atomic mass is 79.9. The number of fused-ring (bicyclic) bond motifs is 3. The number of halogens is 1. The molecule has 0 bridgehead atoms. The van der Waals surface area contributed by atoms with Crippen LogP contribution in [0.5, 0.6) is 0 Å². The second-order valence-electron chi connectivity index (χ2n) is 4.67. The molecule has 0 aliphatic rings. The van der Waals surface area contributed by atoms with E-state index in [1.807, 2.05) is 28.8 Å². The minimum Gasteiger partial charge on any atom is -0.384 e. The monoisotopic (exact) mass is 335 g/mol. The summed E-state index contributed by atoms with van der Waals surface area (Å²) in [5, 5.41) is 5.23. The normalized spacial score (nSPS) is 11.6. The number of methoxy groups -OCH3 is 1. The first kappa shape index (κ1) is 13.3. The Bertz CT molecular complexity index is 851. The van der Waals surface area contributed by atoms with Crippen molar-refractivity contribution >= 4 is 32.5 Å². The lowest BCUT2D eigenvalue weighted by Crippen LogP contribution is -2.19. The van der Waals surface area contributed by atoms with Gasteiger partial charge in [-0.25, -0.2) is 4.52 Å². The third kappa shape index (κ3) is 2.05. The molecule has 0 radical (unpaired) electrons. The zero-order valence-corrected chi connectivity index (χ0v) is 12.8. The van der Waals surface area contributed by atoms with Crippen LogP contribution in [0.2, 0.25) is 0 Å². The van der Waals surface area contributed by atoms with Crippen LogP contribution in [-0.2, 0) is 18.2 Å². The van der Waals surface area contributed by atoms with Crippen LogP contribution in [0.25, 0.3) is 16.6 Å². The number of aromatic nitrogens is 3. The van der Waals surface area contributed by atoms with Crippen LogP contribution in [0.3, 0.4) is 0 Å². The first-order chi connectivity index (χ1) is 9.61. The quantitative estimate of drug-likeness (QED) is 0.736. The standard InChI is InChI=1S/C14H14BrN3O2/c1-17-13-8-10(5-6-20-2)16-18(13)12-7-9(15)3-4-11(12)14(17)19/h3-4,7-8H,5-6H2,1-2H3. The molecule has 0 aliphatic heterocycles. The molecule has 0 N–H and O–H groups in total. The molecule has 0 saturated heterocycles. The molecule has 0 fully saturated rings. The fourth-order valence-corrected chi connectivity index (χ4v) is 2.66. The number of nitrogens with zero attached hydrogens (tertiary/aromatic N) is 3. The van der Waals surface area contributed by atoms with Crippen molar-refractivity contribution in [3.8, 4) is 0 Å². The highest BCUT2D eigenvalue weighted by molar-refractivity contribution is 9.10. The van der Waals surface area contributed by atoms with E-state index in [1.165, 1.54) is 0 Å². The molecule has 104 valence electrons. The summed E-state index contributed by atoms with van der Waals surface area (Å²) in [4.78, 5) is 12.4. The van der Waals surface area contributed by atoms with Crippen LogP contribution in [0, 0.1) is 0 Å². The van der Waals surface area contributed by atoms with Gasteiger partial charge in [-0.1, -0.05) is 15.9 Å². The second-order valence-corrected chi connectivity index (χ2v) is 5.59. The van der Waals surface area contributed by atoms with Gasteiger partial charge in [-0.3, -0.25) is 9.36 Å². The number of hydrogen-bond donors (Lipinski definition) is 0. The fourth-order valence-electron chi connectivity index (χ4n) is 2.31. The molecule has 0 atom stereocenters. The Morgan fingerprint density at radius 3 is 2.90 bits per heavy atom. The highest BCUT2D eigenvalue weighted by Gasteiger charge is 2.11. The van der Waals surface area contributed by atoms with Crippen molar-refractivity contribution < 1.29 is 4.74 Å². The first-order valence-electron chi connectivity index (χ1n) is 6.27. The van der Waals surface area contributed by atoms with E-state index in [0.717, 1.165) is 27.8 Å². The van der Waals surface area contributed by atoms with Crippen LogP contribution >= 0.6 is 15.9 Å². The van der Waals surface area contributed by atoms with Gasteiger partial charge in [0.05, 0.1) is 23.2 Å². The van der Waals surface area contributed by atoms with Crippen LogP contribution < -0.4 is 5.56 Å². The molecule has 5 nitrogen and oxygen atoms in total. The van der Waals surface area contributed by atoms with Gasteiger partial charge in [0.25, 0.3) is 5.56 Å². The maximum absolute atomic E-state index is 12.4. The number of benzene rings is 1. The first-order valence-corrected chi connectivity index (χ1v) is 7.07. The zero-order valence-electron chi connectivity index (χ0n) is 11.3. The largest absolute Gasteiger partial charge is 0.384 e. The summed E-state index contributed by atoms with van der Waals surface area (Å²) in [5.74, 6) is 0. The Morgan fingerprint density at radius 2 is 2.15 bits per heavy atom. The summed E-state index contributed by atoms with van der Waals surface area (Å²) >= 11 is 3.44. The van der Waals surface area contributed by atoms with Crippen LogP contribution in [-0.4, -0.2) is 27.9 Å². The minimum absolute atomic E-state index is 0.0156. The summed E-state index contributed by atoms with van der Waals surface area (Å²) in [7, 11) is 3.43. The molecule has 6 heteroatoms. The van der Waals surface area contributed by atoms with E-state index < -0.39 is 0 Å². The van der Waals surface area contributed by atoms with Crippen molar-refractivity contribution in [2.45, 2.75) is 6.42 Å². The highest BCUT2D eigenvalue weighted by Crippen LogP contribution is 2.19. The molecular formula is C14H14BrN3O2. The number of ether oxygens (including phenoxy) is 1. The van der Waals surface area contributed by atoms with Gasteiger partial charge in [-0.05, 0) is 18.2 Å². The van der Waals surface area contributed by atoms with E-state index in [4.69, 9.17) is 4.74 Å². The maximum Gasteiger partial charge on any atom is 0.261 e. The average Bonchev–Trinajstić information content (AvgIpc) is 2.87. The van der Waals surface area contributed by atoms with Crippen molar-refractivity contribution in [1.82, 2.24) is 14.2 Å². The van der Waals surface area contributed by atoms with Gasteiger partial charge in [0.1, 0.15) is 5.65 Å². The van der Waals surface area contributed by atoms with E-state index in [1.54, 1.807) is 18.7 Å². The van der Waals surface area contributed by atoms with Crippen molar-refractivity contribution in [3.63, 3.8) is 0 Å². The summed E-state index contributed by atoms with van der Waals surface area (Å²) in [5.41, 5.74) is 2.49. The van der Waals surface area contributed by atoms with Gasteiger partial charge in [0.15, 0.2) is 0 Å². The Morgan fingerprint density at radius 1 is 1.35 bits per heavy atom. The Kier molecular flexibility index (Phi) is 3.35. The van der Waals surface area contributed by atoms with Crippen LogP contribution in [0.1, 0.15) is 5.69 Å². The van der Waals surface area contributed by atoms with Gasteiger partial charge >= 0.3 is 0 Å². The molecule has 2 aromatic heterocycles. The molecule has 0 aliphatic carbocycles. The predicted octanol–water partition coefficient (Wildman–Crippen LogP) is 2.14. The molecular weight excluding hydrogens is 322 g/mol. The summed E-state index contributed by atoms with van der Waals surface area (Å²) in [6.45, 7) is 0.611. The summed E-state index contributed by atoms with van der Waals surface area (Å²) in [6, 6.07) is 7.53. The van der Waals surface area contributed by atoms with Crippen molar-refractivity contribution in [1.29, 1.82) is 0 Å². The van der Waals surface area contributed by atoms with Gasteiger partial charge in [-0.15, -0.1) is 0 Å². The van der Waals surface area contributed by atoms with E-state index in [-0.39, 0.29) is 5.56 Å². The van der Waals surface area contributed by atoms with Gasteiger partial charge in [0.2, 0.25) is 0 Å². The smallest absolute Gasteiger partial charge is 0.261 e. The molecule has 3 aromatic rings. The molecule has 20 heavy (non-hydrogen) atoms. The van der Waals surface area contributed by atoms with E-state index in [9.17, 15) is 4.79 Å². The van der Waals surface area contributed by atoms with E-state index in [0.29, 0.717) is 12.0 Å². The molecule has 0 spiro atoms. The minimum atomic E-state index is -0.0156. The fraction of sp³-hybridized carbons (Fsp3) is 0.286. The van der Waals surface area contributed by atoms with Crippen LogP contribution in [0.15, 0.2) is 33.5 Å². The maximum atomic E-state index is 12.4. The summed E-state index contributed by atoms with van der Waals surface area (Å²) < 4.78 is 9.44. The van der Waals surface area contributed by atoms with Gasteiger partial charge in [0, 0.05) is 31.1 Å². The second kappa shape index (κ2) is 5.03. The lowest BCUT2D eigenvalue weighted by Gasteiger charge is -2.06. The number of rotatable bonds is 3. The predicted molar refractivity (Wildman–Crippen MR) is 81.2 cm³/mol. The van der Waals surface area contributed by atoms with E-state index in [2.05, 4.69) is 21.0 Å².